The van der Waals surface area contributed by atoms with Crippen molar-refractivity contribution < 1.29 is 4.79 Å². The molecular weight excluding hydrogens is 166 g/mol. The maximum absolute atomic E-state index is 11.1. The van der Waals surface area contributed by atoms with E-state index < -0.39 is 0 Å². The van der Waals surface area contributed by atoms with Crippen LogP contribution in [0.15, 0.2) is 17.3 Å². The van der Waals surface area contributed by atoms with E-state index in [9.17, 15) is 4.79 Å². The van der Waals surface area contributed by atoms with Crippen molar-refractivity contribution in [3.63, 3.8) is 0 Å². The number of carbonyl (C=O) groups is 1. The Bertz CT molecular complexity index is 341. The van der Waals surface area contributed by atoms with Crippen molar-refractivity contribution in [2.75, 3.05) is 0 Å². The van der Waals surface area contributed by atoms with Crippen molar-refractivity contribution >= 4 is 28.5 Å². The standard InChI is InChI=1S/C6H4ClN3O/c7-4-3-6(11)10-5(9-4)1-2-8-10/h1-2H,3H2. The highest BCUT2D eigenvalue weighted by Crippen LogP contribution is 2.18. The highest BCUT2D eigenvalue weighted by Gasteiger charge is 2.17. The number of aromatic nitrogens is 2. The zero-order valence-electron chi connectivity index (χ0n) is 5.49. The Morgan fingerprint density at radius 2 is 2.45 bits per heavy atom. The van der Waals surface area contributed by atoms with Crippen LogP contribution in [0.3, 0.4) is 0 Å². The van der Waals surface area contributed by atoms with Crippen LogP contribution >= 0.6 is 11.6 Å². The van der Waals surface area contributed by atoms with E-state index in [2.05, 4.69) is 10.1 Å². The molecule has 2 rings (SSSR count). The molecule has 0 spiro atoms. The van der Waals surface area contributed by atoms with E-state index in [1.54, 1.807) is 6.07 Å². The number of hydrogen-bond donors (Lipinski definition) is 0. The number of halogens is 1. The molecule has 0 aliphatic carbocycles. The molecule has 0 radical (unpaired) electrons. The van der Waals surface area contributed by atoms with Gasteiger partial charge in [0.25, 0.3) is 5.91 Å². The average molecular weight is 170 g/mol. The first-order valence-corrected chi connectivity index (χ1v) is 3.45. The molecule has 0 saturated heterocycles. The van der Waals surface area contributed by atoms with Crippen LogP contribution in [-0.2, 0) is 0 Å². The molecule has 0 unspecified atom stereocenters. The summed E-state index contributed by atoms with van der Waals surface area (Å²) in [6, 6.07) is 1.64. The first-order valence-electron chi connectivity index (χ1n) is 3.07. The third-order valence-corrected chi connectivity index (χ3v) is 1.61. The van der Waals surface area contributed by atoms with E-state index in [1.807, 2.05) is 0 Å². The predicted octanol–water partition coefficient (Wildman–Crippen LogP) is 1.20. The molecule has 1 aliphatic rings. The van der Waals surface area contributed by atoms with Crippen molar-refractivity contribution in [3.8, 4) is 0 Å². The lowest BCUT2D eigenvalue weighted by Crippen LogP contribution is -2.17. The van der Waals surface area contributed by atoms with Crippen molar-refractivity contribution in [2.45, 2.75) is 6.42 Å². The lowest BCUT2D eigenvalue weighted by Gasteiger charge is -2.06. The van der Waals surface area contributed by atoms with Crippen LogP contribution in [0.2, 0.25) is 0 Å². The molecular formula is C6H4ClN3O. The number of aliphatic imine (C=N–C) groups is 1. The second kappa shape index (κ2) is 2.17. The molecule has 0 bridgehead atoms. The third-order valence-electron chi connectivity index (χ3n) is 1.39. The first-order chi connectivity index (χ1) is 5.27. The minimum atomic E-state index is -0.134. The number of hydrogen-bond acceptors (Lipinski definition) is 3. The number of fused-ring (bicyclic) bond motifs is 1. The van der Waals surface area contributed by atoms with E-state index in [4.69, 9.17) is 11.6 Å². The smallest absolute Gasteiger partial charge is 0.255 e. The lowest BCUT2D eigenvalue weighted by atomic mass is 10.4. The van der Waals surface area contributed by atoms with Gasteiger partial charge in [-0.3, -0.25) is 4.79 Å². The van der Waals surface area contributed by atoms with Crippen molar-refractivity contribution in [1.82, 2.24) is 9.78 Å². The van der Waals surface area contributed by atoms with Gasteiger partial charge >= 0.3 is 0 Å². The first kappa shape index (κ1) is 6.54. The summed E-state index contributed by atoms with van der Waals surface area (Å²) in [5.41, 5.74) is 0. The SMILES string of the molecule is O=C1CC(Cl)=Nc2ccnn21. The third kappa shape index (κ3) is 0.952. The van der Waals surface area contributed by atoms with E-state index in [-0.39, 0.29) is 12.3 Å². The molecule has 0 amide bonds. The topological polar surface area (TPSA) is 47.2 Å². The minimum Gasteiger partial charge on any atom is -0.272 e. The Kier molecular flexibility index (Phi) is 1.29. The largest absolute Gasteiger partial charge is 0.272 e. The zero-order valence-corrected chi connectivity index (χ0v) is 6.25. The van der Waals surface area contributed by atoms with Gasteiger partial charge in [0.15, 0.2) is 5.82 Å². The van der Waals surface area contributed by atoms with Crippen LogP contribution in [0.25, 0.3) is 0 Å². The van der Waals surface area contributed by atoms with Gasteiger partial charge in [-0.15, -0.1) is 0 Å². The van der Waals surface area contributed by atoms with E-state index >= 15 is 0 Å². The molecule has 1 aromatic heterocycles. The number of nitrogens with zero attached hydrogens (tertiary/aromatic N) is 3. The Balaban J connectivity index is 2.60. The van der Waals surface area contributed by atoms with Crippen LogP contribution < -0.4 is 0 Å². The van der Waals surface area contributed by atoms with Crippen LogP contribution in [-0.4, -0.2) is 20.9 Å². The molecule has 0 saturated carbocycles. The molecule has 1 aromatic rings. The Labute approximate surface area is 67.5 Å². The fourth-order valence-corrected chi connectivity index (χ4v) is 1.14. The quantitative estimate of drug-likeness (QED) is 0.586. The van der Waals surface area contributed by atoms with Crippen molar-refractivity contribution in [3.05, 3.63) is 12.3 Å². The molecule has 56 valence electrons. The van der Waals surface area contributed by atoms with Gasteiger partial charge in [-0.1, -0.05) is 11.6 Å². The summed E-state index contributed by atoms with van der Waals surface area (Å²) in [6.07, 6.45) is 1.67. The van der Waals surface area contributed by atoms with Gasteiger partial charge in [-0.2, -0.15) is 9.78 Å². The summed E-state index contributed by atoms with van der Waals surface area (Å²) in [7, 11) is 0. The van der Waals surface area contributed by atoms with Gasteiger partial charge in [-0.25, -0.2) is 4.99 Å². The summed E-state index contributed by atoms with van der Waals surface area (Å²) in [6.45, 7) is 0. The van der Waals surface area contributed by atoms with E-state index in [0.717, 1.165) is 0 Å². The van der Waals surface area contributed by atoms with Gasteiger partial charge in [0.2, 0.25) is 0 Å². The minimum absolute atomic E-state index is 0.134. The number of carbonyl (C=O) groups excluding carboxylic acids is 1. The Hall–Kier alpha value is -1.16. The summed E-state index contributed by atoms with van der Waals surface area (Å²) in [5.74, 6) is 0.372. The predicted molar refractivity (Wildman–Crippen MR) is 40.4 cm³/mol. The van der Waals surface area contributed by atoms with E-state index in [1.165, 1.54) is 10.9 Å². The van der Waals surface area contributed by atoms with Gasteiger partial charge in [0.05, 0.1) is 12.6 Å². The highest BCUT2D eigenvalue weighted by atomic mass is 35.5. The summed E-state index contributed by atoms with van der Waals surface area (Å²) in [5, 5.41) is 4.10. The second-order valence-corrected chi connectivity index (χ2v) is 2.60. The average Bonchev–Trinajstić information content (AvgIpc) is 2.34. The molecule has 0 aromatic carbocycles. The normalized spacial score (nSPS) is 16.1. The molecule has 0 N–H and O–H groups in total. The van der Waals surface area contributed by atoms with Crippen molar-refractivity contribution in [2.24, 2.45) is 4.99 Å². The monoisotopic (exact) mass is 169 g/mol. The molecule has 0 atom stereocenters. The highest BCUT2D eigenvalue weighted by molar-refractivity contribution is 6.67. The fourth-order valence-electron chi connectivity index (χ4n) is 0.937. The van der Waals surface area contributed by atoms with Gasteiger partial charge in [0, 0.05) is 6.07 Å². The van der Waals surface area contributed by atoms with Crippen LogP contribution in [0.5, 0.6) is 0 Å². The zero-order chi connectivity index (χ0) is 7.84. The number of rotatable bonds is 0. The fraction of sp³-hybridized carbons (Fsp3) is 0.167. The van der Waals surface area contributed by atoms with Gasteiger partial charge in [-0.05, 0) is 0 Å². The van der Waals surface area contributed by atoms with Crippen LogP contribution in [0, 0.1) is 0 Å². The molecule has 0 fully saturated rings. The summed E-state index contributed by atoms with van der Waals surface area (Å²) >= 11 is 5.58. The van der Waals surface area contributed by atoms with Crippen molar-refractivity contribution in [1.29, 1.82) is 0 Å². The molecule has 4 nitrogen and oxygen atoms in total. The summed E-state index contributed by atoms with van der Waals surface area (Å²) in [4.78, 5) is 15.0. The van der Waals surface area contributed by atoms with Crippen LogP contribution in [0.1, 0.15) is 11.2 Å². The Morgan fingerprint density at radius 3 is 3.27 bits per heavy atom. The Morgan fingerprint density at radius 1 is 1.64 bits per heavy atom. The summed E-state index contributed by atoms with van der Waals surface area (Å²) < 4.78 is 1.24. The lowest BCUT2D eigenvalue weighted by molar-refractivity contribution is 0.0907. The molecule has 5 heteroatoms. The van der Waals surface area contributed by atoms with Gasteiger partial charge < -0.3 is 0 Å². The van der Waals surface area contributed by atoms with Crippen LogP contribution in [0.4, 0.5) is 5.82 Å². The molecule has 2 heterocycles. The molecule has 11 heavy (non-hydrogen) atoms. The second-order valence-electron chi connectivity index (χ2n) is 2.16. The van der Waals surface area contributed by atoms with E-state index in [0.29, 0.717) is 11.0 Å². The van der Waals surface area contributed by atoms with Gasteiger partial charge in [0.1, 0.15) is 5.17 Å². The molecule has 1 aliphatic heterocycles. The maximum atomic E-state index is 11.1. The maximum Gasteiger partial charge on any atom is 0.255 e.